The predicted octanol–water partition coefficient (Wildman–Crippen LogP) is 2.95. The molecular formula is C20H22N2O2. The lowest BCUT2D eigenvalue weighted by molar-refractivity contribution is -0.121. The van der Waals surface area contributed by atoms with Gasteiger partial charge in [0, 0.05) is 30.1 Å². The summed E-state index contributed by atoms with van der Waals surface area (Å²) in [7, 11) is 0. The number of fused-ring (bicyclic) bond motifs is 1. The summed E-state index contributed by atoms with van der Waals surface area (Å²) in [5.41, 5.74) is 4.35. The maximum atomic E-state index is 12.0. The Morgan fingerprint density at radius 1 is 1.00 bits per heavy atom. The Balaban J connectivity index is 1.44. The van der Waals surface area contributed by atoms with Gasteiger partial charge in [0.05, 0.1) is 6.61 Å². The number of para-hydroxylation sites is 1. The summed E-state index contributed by atoms with van der Waals surface area (Å²) in [5.74, 6) is 0.0762. The van der Waals surface area contributed by atoms with Crippen LogP contribution in [-0.2, 0) is 24.2 Å². The van der Waals surface area contributed by atoms with E-state index in [1.807, 2.05) is 48.7 Å². The van der Waals surface area contributed by atoms with Gasteiger partial charge < -0.3 is 15.4 Å². The van der Waals surface area contributed by atoms with Crippen LogP contribution < -0.4 is 5.32 Å². The Kier molecular flexibility index (Phi) is 5.29. The van der Waals surface area contributed by atoms with Gasteiger partial charge in [-0.2, -0.15) is 0 Å². The minimum absolute atomic E-state index is 0.0604. The average Bonchev–Trinajstić information content (AvgIpc) is 3.04. The quantitative estimate of drug-likeness (QED) is 0.626. The van der Waals surface area contributed by atoms with E-state index in [0.717, 1.165) is 29.5 Å². The van der Waals surface area contributed by atoms with Gasteiger partial charge >= 0.3 is 0 Å². The smallest absolute Gasteiger partial charge is 0.220 e. The molecule has 3 N–H and O–H groups in total. The highest BCUT2D eigenvalue weighted by Crippen LogP contribution is 2.18. The largest absolute Gasteiger partial charge is 0.392 e. The van der Waals surface area contributed by atoms with E-state index < -0.39 is 0 Å². The Bertz CT molecular complexity index is 806. The number of benzene rings is 2. The van der Waals surface area contributed by atoms with E-state index in [0.29, 0.717) is 13.0 Å². The number of aliphatic hydroxyl groups excluding tert-OH is 1. The van der Waals surface area contributed by atoms with Gasteiger partial charge in [0.2, 0.25) is 5.91 Å². The Morgan fingerprint density at radius 2 is 1.75 bits per heavy atom. The van der Waals surface area contributed by atoms with Crippen LogP contribution in [0.15, 0.2) is 54.7 Å². The van der Waals surface area contributed by atoms with E-state index in [4.69, 9.17) is 5.11 Å². The van der Waals surface area contributed by atoms with E-state index in [1.54, 1.807) is 0 Å². The van der Waals surface area contributed by atoms with Gasteiger partial charge in [-0.15, -0.1) is 0 Å². The number of carbonyl (C=O) groups excluding carboxylic acids is 1. The fraction of sp³-hybridized carbons (Fsp3) is 0.250. The van der Waals surface area contributed by atoms with E-state index >= 15 is 0 Å². The molecule has 0 atom stereocenters. The molecule has 0 bridgehead atoms. The normalized spacial score (nSPS) is 10.9. The number of aliphatic hydroxyl groups is 1. The molecule has 0 saturated heterocycles. The van der Waals surface area contributed by atoms with Gasteiger partial charge in [0.1, 0.15) is 0 Å². The van der Waals surface area contributed by atoms with Gasteiger partial charge in [0.15, 0.2) is 0 Å². The molecule has 4 nitrogen and oxygen atoms in total. The zero-order valence-electron chi connectivity index (χ0n) is 13.6. The van der Waals surface area contributed by atoms with Crippen molar-refractivity contribution in [1.82, 2.24) is 10.3 Å². The molecule has 1 amide bonds. The van der Waals surface area contributed by atoms with Gasteiger partial charge in [-0.25, -0.2) is 0 Å². The van der Waals surface area contributed by atoms with E-state index in [-0.39, 0.29) is 12.5 Å². The summed E-state index contributed by atoms with van der Waals surface area (Å²) in [5, 5.41) is 13.2. The molecule has 0 unspecified atom stereocenters. The molecular weight excluding hydrogens is 300 g/mol. The highest BCUT2D eigenvalue weighted by molar-refractivity contribution is 5.84. The zero-order valence-corrected chi connectivity index (χ0v) is 13.6. The van der Waals surface area contributed by atoms with Crippen molar-refractivity contribution in [3.63, 3.8) is 0 Å². The highest BCUT2D eigenvalue weighted by atomic mass is 16.3. The number of rotatable bonds is 7. The molecule has 4 heteroatoms. The lowest BCUT2D eigenvalue weighted by Gasteiger charge is -2.06. The number of aromatic amines is 1. The van der Waals surface area contributed by atoms with Crippen molar-refractivity contribution in [1.29, 1.82) is 0 Å². The molecule has 0 aliphatic heterocycles. The summed E-state index contributed by atoms with van der Waals surface area (Å²) in [6, 6.07) is 15.9. The second-order valence-corrected chi connectivity index (χ2v) is 5.93. The summed E-state index contributed by atoms with van der Waals surface area (Å²) in [4.78, 5) is 15.2. The number of aryl methyl sites for hydroxylation is 1. The van der Waals surface area contributed by atoms with Crippen LogP contribution in [0.2, 0.25) is 0 Å². The Hall–Kier alpha value is -2.59. The van der Waals surface area contributed by atoms with Crippen molar-refractivity contribution < 1.29 is 9.90 Å². The van der Waals surface area contributed by atoms with E-state index in [2.05, 4.69) is 16.4 Å². The lowest BCUT2D eigenvalue weighted by Crippen LogP contribution is -2.25. The molecule has 1 heterocycles. The molecule has 0 saturated carbocycles. The SMILES string of the molecule is O=C(CCc1c[nH]c2ccccc12)NCCc1ccc(CO)cc1. The zero-order chi connectivity index (χ0) is 16.8. The number of nitrogens with one attached hydrogen (secondary N) is 2. The molecule has 24 heavy (non-hydrogen) atoms. The first kappa shape index (κ1) is 16.3. The molecule has 2 aromatic carbocycles. The van der Waals surface area contributed by atoms with Crippen molar-refractivity contribution in [2.24, 2.45) is 0 Å². The molecule has 124 valence electrons. The molecule has 1 aromatic heterocycles. The van der Waals surface area contributed by atoms with Crippen molar-refractivity contribution in [3.05, 3.63) is 71.4 Å². The monoisotopic (exact) mass is 322 g/mol. The minimum atomic E-state index is 0.0604. The Labute approximate surface area is 141 Å². The maximum Gasteiger partial charge on any atom is 0.220 e. The van der Waals surface area contributed by atoms with Gasteiger partial charge in [0.25, 0.3) is 0 Å². The van der Waals surface area contributed by atoms with Crippen LogP contribution in [0.25, 0.3) is 10.9 Å². The molecule has 3 rings (SSSR count). The molecule has 3 aromatic rings. The minimum Gasteiger partial charge on any atom is -0.392 e. The van der Waals surface area contributed by atoms with Crippen molar-refractivity contribution in [3.8, 4) is 0 Å². The molecule has 0 aliphatic carbocycles. The number of H-pyrrole nitrogens is 1. The molecule has 0 spiro atoms. The van der Waals surface area contributed by atoms with Crippen LogP contribution in [0.5, 0.6) is 0 Å². The Morgan fingerprint density at radius 3 is 2.54 bits per heavy atom. The van der Waals surface area contributed by atoms with Gasteiger partial charge in [-0.05, 0) is 35.6 Å². The second kappa shape index (κ2) is 7.79. The summed E-state index contributed by atoms with van der Waals surface area (Å²) in [6.07, 6.45) is 4.01. The van der Waals surface area contributed by atoms with E-state index in [1.165, 1.54) is 10.9 Å². The lowest BCUT2D eigenvalue weighted by atomic mass is 10.1. The van der Waals surface area contributed by atoms with E-state index in [9.17, 15) is 4.79 Å². The van der Waals surface area contributed by atoms with Crippen LogP contribution in [-0.4, -0.2) is 22.5 Å². The van der Waals surface area contributed by atoms with Crippen LogP contribution >= 0.6 is 0 Å². The number of amides is 1. The maximum absolute atomic E-state index is 12.0. The third-order valence-corrected chi connectivity index (χ3v) is 4.24. The molecule has 0 fully saturated rings. The first-order valence-electron chi connectivity index (χ1n) is 8.26. The molecule has 0 radical (unpaired) electrons. The number of hydrogen-bond donors (Lipinski definition) is 3. The fourth-order valence-electron chi connectivity index (χ4n) is 2.83. The van der Waals surface area contributed by atoms with Gasteiger partial charge in [-0.3, -0.25) is 4.79 Å². The molecule has 0 aliphatic rings. The van der Waals surface area contributed by atoms with Crippen LogP contribution in [0.4, 0.5) is 0 Å². The van der Waals surface area contributed by atoms with Crippen molar-refractivity contribution in [2.45, 2.75) is 25.9 Å². The number of aromatic nitrogens is 1. The second-order valence-electron chi connectivity index (χ2n) is 5.93. The van der Waals surface area contributed by atoms with Crippen molar-refractivity contribution in [2.75, 3.05) is 6.54 Å². The van der Waals surface area contributed by atoms with Crippen LogP contribution in [0.1, 0.15) is 23.1 Å². The fourth-order valence-corrected chi connectivity index (χ4v) is 2.83. The van der Waals surface area contributed by atoms with Crippen LogP contribution in [0.3, 0.4) is 0 Å². The number of carbonyl (C=O) groups is 1. The third kappa shape index (κ3) is 4.03. The average molecular weight is 322 g/mol. The predicted molar refractivity (Wildman–Crippen MR) is 95.7 cm³/mol. The van der Waals surface area contributed by atoms with Crippen molar-refractivity contribution >= 4 is 16.8 Å². The third-order valence-electron chi connectivity index (χ3n) is 4.24. The highest BCUT2D eigenvalue weighted by Gasteiger charge is 2.06. The summed E-state index contributed by atoms with van der Waals surface area (Å²) in [6.45, 7) is 0.691. The summed E-state index contributed by atoms with van der Waals surface area (Å²) >= 11 is 0. The van der Waals surface area contributed by atoms with Crippen LogP contribution in [0, 0.1) is 0 Å². The van der Waals surface area contributed by atoms with Gasteiger partial charge in [-0.1, -0.05) is 42.5 Å². The first-order valence-corrected chi connectivity index (χ1v) is 8.26. The summed E-state index contributed by atoms with van der Waals surface area (Å²) < 4.78 is 0. The number of hydrogen-bond acceptors (Lipinski definition) is 2. The standard InChI is InChI=1S/C20H22N2O2/c23-14-16-7-5-15(6-8-16)11-12-21-20(24)10-9-17-13-22-19-4-2-1-3-18(17)19/h1-8,13,22-23H,9-12,14H2,(H,21,24). The first-order chi connectivity index (χ1) is 11.8. The topological polar surface area (TPSA) is 65.1 Å².